The van der Waals surface area contributed by atoms with Crippen molar-refractivity contribution in [3.05, 3.63) is 53.7 Å². The largest absolute Gasteiger partial charge is 0.437 e. The second kappa shape index (κ2) is 4.71. The van der Waals surface area contributed by atoms with Gasteiger partial charge in [0.05, 0.1) is 5.69 Å². The van der Waals surface area contributed by atoms with Gasteiger partial charge in [0.2, 0.25) is 5.88 Å². The number of fused-ring (bicyclic) bond motifs is 1. The minimum atomic E-state index is 0.473. The van der Waals surface area contributed by atoms with E-state index >= 15 is 0 Å². The van der Waals surface area contributed by atoms with E-state index in [9.17, 15) is 5.26 Å². The van der Waals surface area contributed by atoms with E-state index in [0.29, 0.717) is 17.1 Å². The Morgan fingerprint density at radius 1 is 1.15 bits per heavy atom. The van der Waals surface area contributed by atoms with Gasteiger partial charge in [0.1, 0.15) is 17.4 Å². The number of nitriles is 1. The Labute approximate surface area is 116 Å². The zero-order valence-electron chi connectivity index (χ0n) is 11.3. The molecular weight excluding hydrogens is 250 g/mol. The van der Waals surface area contributed by atoms with E-state index < -0.39 is 0 Å². The molecule has 0 N–H and O–H groups in total. The molecule has 98 valence electrons. The molecule has 4 heteroatoms. The van der Waals surface area contributed by atoms with Crippen LogP contribution in [0.3, 0.4) is 0 Å². The number of hydrogen-bond acceptors (Lipinski definition) is 3. The van der Waals surface area contributed by atoms with Crippen LogP contribution in [0.5, 0.6) is 11.6 Å². The molecule has 0 aliphatic rings. The third-order valence-electron chi connectivity index (χ3n) is 3.24. The van der Waals surface area contributed by atoms with Crippen molar-refractivity contribution in [1.29, 1.82) is 5.26 Å². The second-order valence-corrected chi connectivity index (χ2v) is 4.58. The van der Waals surface area contributed by atoms with Crippen molar-refractivity contribution in [2.75, 3.05) is 0 Å². The molecule has 0 amide bonds. The van der Waals surface area contributed by atoms with Crippen LogP contribution in [0.15, 0.2) is 42.5 Å². The SMILES string of the molecule is Cc1nn(C)c(Oc2cccc3ccccc23)c1C#N. The molecule has 1 aromatic heterocycles. The lowest BCUT2D eigenvalue weighted by Gasteiger charge is -2.09. The molecule has 0 spiro atoms. The number of hydrogen-bond donors (Lipinski definition) is 0. The molecule has 3 rings (SSSR count). The molecule has 0 aliphatic heterocycles. The summed E-state index contributed by atoms with van der Waals surface area (Å²) in [5.74, 6) is 1.20. The molecule has 1 heterocycles. The van der Waals surface area contributed by atoms with Crippen molar-refractivity contribution in [3.8, 4) is 17.7 Å². The standard InChI is InChI=1S/C16H13N3O/c1-11-14(10-17)16(19(2)18-11)20-15-9-5-7-12-6-3-4-8-13(12)15/h3-9H,1-2H3. The minimum absolute atomic E-state index is 0.473. The third kappa shape index (κ3) is 1.90. The first-order valence-electron chi connectivity index (χ1n) is 6.30. The van der Waals surface area contributed by atoms with Gasteiger partial charge in [0.25, 0.3) is 0 Å². The van der Waals surface area contributed by atoms with Crippen LogP contribution in [0, 0.1) is 18.3 Å². The Hall–Kier alpha value is -2.80. The summed E-state index contributed by atoms with van der Waals surface area (Å²) in [4.78, 5) is 0. The maximum atomic E-state index is 9.22. The minimum Gasteiger partial charge on any atom is -0.437 e. The van der Waals surface area contributed by atoms with Crippen molar-refractivity contribution < 1.29 is 4.74 Å². The van der Waals surface area contributed by atoms with Gasteiger partial charge in [0, 0.05) is 12.4 Å². The molecule has 20 heavy (non-hydrogen) atoms. The van der Waals surface area contributed by atoms with Gasteiger partial charge in [-0.3, -0.25) is 0 Å². The molecule has 2 aromatic carbocycles. The molecule has 0 saturated carbocycles. The average Bonchev–Trinajstić information content (AvgIpc) is 2.73. The molecule has 0 atom stereocenters. The Balaban J connectivity index is 2.13. The fourth-order valence-electron chi connectivity index (χ4n) is 2.27. The molecule has 0 radical (unpaired) electrons. The summed E-state index contributed by atoms with van der Waals surface area (Å²) < 4.78 is 7.54. The summed E-state index contributed by atoms with van der Waals surface area (Å²) in [6, 6.07) is 16.0. The Kier molecular flexibility index (Phi) is 2.88. The molecule has 0 unspecified atom stereocenters. The normalized spacial score (nSPS) is 10.4. The lowest BCUT2D eigenvalue weighted by atomic mass is 10.1. The molecule has 0 aliphatic carbocycles. The van der Waals surface area contributed by atoms with Gasteiger partial charge in [-0.05, 0) is 18.4 Å². The van der Waals surface area contributed by atoms with Crippen molar-refractivity contribution in [2.45, 2.75) is 6.92 Å². The maximum Gasteiger partial charge on any atom is 0.235 e. The summed E-state index contributed by atoms with van der Waals surface area (Å²) in [5, 5.41) is 15.6. The van der Waals surface area contributed by atoms with E-state index in [0.717, 1.165) is 16.5 Å². The summed E-state index contributed by atoms with van der Waals surface area (Å²) in [6.07, 6.45) is 0. The van der Waals surface area contributed by atoms with Crippen molar-refractivity contribution in [2.24, 2.45) is 7.05 Å². The molecule has 0 saturated heterocycles. The van der Waals surface area contributed by atoms with Gasteiger partial charge in [-0.1, -0.05) is 36.4 Å². The maximum absolute atomic E-state index is 9.22. The molecule has 0 fully saturated rings. The fourth-order valence-corrected chi connectivity index (χ4v) is 2.27. The number of nitrogens with zero attached hydrogens (tertiary/aromatic N) is 3. The van der Waals surface area contributed by atoms with Crippen LogP contribution in [0.25, 0.3) is 10.8 Å². The number of ether oxygens (including phenoxy) is 1. The van der Waals surface area contributed by atoms with Gasteiger partial charge in [-0.15, -0.1) is 0 Å². The van der Waals surface area contributed by atoms with Gasteiger partial charge in [-0.2, -0.15) is 10.4 Å². The highest BCUT2D eigenvalue weighted by atomic mass is 16.5. The van der Waals surface area contributed by atoms with Gasteiger partial charge < -0.3 is 4.74 Å². The van der Waals surface area contributed by atoms with Crippen LogP contribution in [0.4, 0.5) is 0 Å². The van der Waals surface area contributed by atoms with Gasteiger partial charge in [-0.25, -0.2) is 4.68 Å². The Morgan fingerprint density at radius 3 is 2.70 bits per heavy atom. The first-order valence-corrected chi connectivity index (χ1v) is 6.30. The summed E-state index contributed by atoms with van der Waals surface area (Å²) in [7, 11) is 1.77. The lowest BCUT2D eigenvalue weighted by molar-refractivity contribution is 0.434. The van der Waals surface area contributed by atoms with Crippen molar-refractivity contribution >= 4 is 10.8 Å². The third-order valence-corrected chi connectivity index (χ3v) is 3.24. The molecule has 4 nitrogen and oxygen atoms in total. The number of aromatic nitrogens is 2. The van der Waals surface area contributed by atoms with Crippen LogP contribution in [-0.4, -0.2) is 9.78 Å². The average molecular weight is 263 g/mol. The second-order valence-electron chi connectivity index (χ2n) is 4.58. The van der Waals surface area contributed by atoms with E-state index in [1.54, 1.807) is 18.7 Å². The highest BCUT2D eigenvalue weighted by Gasteiger charge is 2.15. The first-order chi connectivity index (χ1) is 9.70. The van der Waals surface area contributed by atoms with E-state index in [1.165, 1.54) is 0 Å². The van der Waals surface area contributed by atoms with Crippen molar-refractivity contribution in [3.63, 3.8) is 0 Å². The number of aryl methyl sites for hydroxylation is 2. The monoisotopic (exact) mass is 263 g/mol. The van der Waals surface area contributed by atoms with Crippen LogP contribution in [0.2, 0.25) is 0 Å². The zero-order chi connectivity index (χ0) is 14.1. The predicted molar refractivity (Wildman–Crippen MR) is 76.7 cm³/mol. The van der Waals surface area contributed by atoms with Crippen LogP contribution in [-0.2, 0) is 7.05 Å². The van der Waals surface area contributed by atoms with E-state index in [2.05, 4.69) is 11.2 Å². The lowest BCUT2D eigenvalue weighted by Crippen LogP contribution is -1.96. The van der Waals surface area contributed by atoms with Gasteiger partial charge >= 0.3 is 0 Å². The van der Waals surface area contributed by atoms with Gasteiger partial charge in [0.15, 0.2) is 0 Å². The predicted octanol–water partition coefficient (Wildman–Crippen LogP) is 3.55. The smallest absolute Gasteiger partial charge is 0.235 e. The Bertz CT molecular complexity index is 822. The van der Waals surface area contributed by atoms with Crippen LogP contribution >= 0.6 is 0 Å². The van der Waals surface area contributed by atoms with E-state index in [-0.39, 0.29) is 0 Å². The molecular formula is C16H13N3O. The Morgan fingerprint density at radius 2 is 1.90 bits per heavy atom. The number of benzene rings is 2. The van der Waals surface area contributed by atoms with E-state index in [1.807, 2.05) is 42.5 Å². The van der Waals surface area contributed by atoms with Crippen LogP contribution in [0.1, 0.15) is 11.3 Å². The highest BCUT2D eigenvalue weighted by Crippen LogP contribution is 2.31. The molecule has 3 aromatic rings. The summed E-state index contributed by atoms with van der Waals surface area (Å²) >= 11 is 0. The zero-order valence-corrected chi connectivity index (χ0v) is 11.3. The first kappa shape index (κ1) is 12.2. The molecule has 0 bridgehead atoms. The van der Waals surface area contributed by atoms with Crippen molar-refractivity contribution in [1.82, 2.24) is 9.78 Å². The number of rotatable bonds is 2. The fraction of sp³-hybridized carbons (Fsp3) is 0.125. The topological polar surface area (TPSA) is 50.8 Å². The van der Waals surface area contributed by atoms with Crippen LogP contribution < -0.4 is 4.74 Å². The highest BCUT2D eigenvalue weighted by molar-refractivity contribution is 5.88. The summed E-state index contributed by atoms with van der Waals surface area (Å²) in [6.45, 7) is 1.80. The summed E-state index contributed by atoms with van der Waals surface area (Å²) in [5.41, 5.74) is 1.14. The van der Waals surface area contributed by atoms with E-state index in [4.69, 9.17) is 4.74 Å². The quantitative estimate of drug-likeness (QED) is 0.710.